The van der Waals surface area contributed by atoms with Crippen molar-refractivity contribution < 1.29 is 68.8 Å². The Bertz CT molecular complexity index is 2870. The van der Waals surface area contributed by atoms with Crippen LogP contribution in [-0.2, 0) is 40.3 Å². The summed E-state index contributed by atoms with van der Waals surface area (Å²) in [4.78, 5) is 146. The highest BCUT2D eigenvalue weighted by molar-refractivity contribution is 6.02. The molecule has 3 aromatic rings. The first kappa shape index (κ1) is 60.0. The molecule has 412 valence electrons. The normalized spacial score (nSPS) is 12.8. The maximum atomic E-state index is 14.6. The van der Waals surface area contributed by atoms with Crippen molar-refractivity contribution in [3.05, 3.63) is 108 Å². The molecule has 6 unspecified atom stereocenters. The van der Waals surface area contributed by atoms with Gasteiger partial charge in [0.15, 0.2) is 23.8 Å². The number of carboxylic acid groups (broad SMARTS) is 1. The number of primary amides is 1. The van der Waals surface area contributed by atoms with Gasteiger partial charge in [-0.2, -0.15) is 0 Å². The third kappa shape index (κ3) is 16.9. The quantitative estimate of drug-likeness (QED) is 0.0111. The minimum Gasteiger partial charge on any atom is -0.478 e. The van der Waals surface area contributed by atoms with E-state index in [4.69, 9.17) is 56.9 Å². The van der Waals surface area contributed by atoms with Crippen molar-refractivity contribution in [2.45, 2.75) is 43.3 Å². The number of nitro benzene ring substituents is 3. The van der Waals surface area contributed by atoms with Crippen LogP contribution in [0.1, 0.15) is 27.5 Å². The Morgan fingerprint density at radius 3 is 1.48 bits per heavy atom. The van der Waals surface area contributed by atoms with E-state index in [2.05, 4.69) is 35.6 Å². The second kappa shape index (κ2) is 27.0. The molecule has 0 spiro atoms. The SMILES string of the molecule is NC(=O)C(N=C(N)N)NC(=O)C(N=C(N)N)NC(=O)C(N=C(N)N)NC(=O)C(N=C(N)N)NC(=O)C(NC(=O)C(CO)N(Cc1ccc(NOO)cc1[N+](=O)[O-])c1c(C(=O)O)cc([N+](=O)[O-])cc1[N+](=O)[O-])c1ccccc1. The molecule has 27 N–H and O–H groups in total. The van der Waals surface area contributed by atoms with Crippen molar-refractivity contribution in [1.82, 2.24) is 26.6 Å². The van der Waals surface area contributed by atoms with Crippen LogP contribution in [-0.4, -0.2) is 133 Å². The lowest BCUT2D eigenvalue weighted by atomic mass is 10.0. The molecular weight excluding hydrogens is 1040 g/mol. The van der Waals surface area contributed by atoms with Gasteiger partial charge in [0.1, 0.15) is 17.8 Å². The van der Waals surface area contributed by atoms with Crippen LogP contribution in [0.4, 0.5) is 28.4 Å². The Morgan fingerprint density at radius 1 is 0.597 bits per heavy atom. The van der Waals surface area contributed by atoms with Gasteiger partial charge < -0.3 is 93.3 Å². The number of carboxylic acids is 1. The molecule has 40 heteroatoms. The van der Waals surface area contributed by atoms with Crippen LogP contribution in [0.25, 0.3) is 0 Å². The van der Waals surface area contributed by atoms with E-state index in [-0.39, 0.29) is 11.3 Å². The molecule has 0 aliphatic rings. The number of nitrogens with zero attached hydrogens (tertiary/aromatic N) is 8. The number of hydrogen-bond donors (Lipinski definition) is 18. The number of anilines is 2. The number of non-ortho nitro benzene ring substituents is 1. The van der Waals surface area contributed by atoms with E-state index in [0.29, 0.717) is 17.0 Å². The summed E-state index contributed by atoms with van der Waals surface area (Å²) in [6.45, 7) is -2.59. The van der Waals surface area contributed by atoms with Gasteiger partial charge in [0.05, 0.1) is 45.2 Å². The van der Waals surface area contributed by atoms with Crippen LogP contribution >= 0.6 is 0 Å². The first-order valence-corrected chi connectivity index (χ1v) is 20.7. The van der Waals surface area contributed by atoms with E-state index < -0.39 is 164 Å². The third-order valence-electron chi connectivity index (χ3n) is 9.56. The molecule has 0 heterocycles. The molecule has 0 aliphatic carbocycles. The number of nitrogens with one attached hydrogen (secondary N) is 6. The molecule has 0 radical (unpaired) electrons. The van der Waals surface area contributed by atoms with Crippen LogP contribution in [0.3, 0.4) is 0 Å². The molecule has 77 heavy (non-hydrogen) atoms. The summed E-state index contributed by atoms with van der Waals surface area (Å²) in [6.07, 6.45) is -8.81. The first-order chi connectivity index (χ1) is 36.1. The van der Waals surface area contributed by atoms with Gasteiger partial charge in [-0.25, -0.2) is 35.5 Å². The Labute approximate surface area is 428 Å². The van der Waals surface area contributed by atoms with E-state index in [0.717, 1.165) is 18.2 Å². The van der Waals surface area contributed by atoms with E-state index >= 15 is 0 Å². The first-order valence-electron chi connectivity index (χ1n) is 20.7. The number of carbonyl (C=O) groups excluding carboxylic acids is 6. The van der Waals surface area contributed by atoms with Gasteiger partial charge in [0.25, 0.3) is 40.7 Å². The van der Waals surface area contributed by atoms with Crippen molar-refractivity contribution in [1.29, 1.82) is 0 Å². The molecule has 3 aromatic carbocycles. The highest BCUT2D eigenvalue weighted by atomic mass is 17.2. The van der Waals surface area contributed by atoms with Crippen molar-refractivity contribution in [3.63, 3.8) is 0 Å². The number of aliphatic hydroxyl groups excluding tert-OH is 1. The third-order valence-corrected chi connectivity index (χ3v) is 9.56. The second-order valence-electron chi connectivity index (χ2n) is 14.9. The highest BCUT2D eigenvalue weighted by Gasteiger charge is 2.40. The van der Waals surface area contributed by atoms with E-state index in [9.17, 15) is 74.1 Å². The van der Waals surface area contributed by atoms with E-state index in [1.54, 1.807) is 0 Å². The number of carbonyl (C=O) groups is 7. The van der Waals surface area contributed by atoms with Crippen LogP contribution in [0.15, 0.2) is 80.6 Å². The molecule has 0 fully saturated rings. The minimum absolute atomic E-state index is 0.164. The monoisotopic (exact) mass is 1090 g/mol. The molecule has 0 aliphatic heterocycles. The summed E-state index contributed by atoms with van der Waals surface area (Å²) in [7, 11) is 0. The minimum atomic E-state index is -2.35. The molecule has 6 amide bonds. The Hall–Kier alpha value is -11.3. The second-order valence-corrected chi connectivity index (χ2v) is 14.9. The van der Waals surface area contributed by atoms with Crippen molar-refractivity contribution >= 4 is 93.7 Å². The van der Waals surface area contributed by atoms with Crippen LogP contribution < -0.4 is 88.6 Å². The van der Waals surface area contributed by atoms with Crippen LogP contribution in [0.2, 0.25) is 0 Å². The molecule has 0 bridgehead atoms. The van der Waals surface area contributed by atoms with Gasteiger partial charge >= 0.3 is 5.97 Å². The van der Waals surface area contributed by atoms with E-state index in [1.165, 1.54) is 30.3 Å². The fourth-order valence-electron chi connectivity index (χ4n) is 6.43. The number of nitro groups is 3. The fourth-order valence-corrected chi connectivity index (χ4v) is 6.43. The summed E-state index contributed by atoms with van der Waals surface area (Å²) in [5, 5.41) is 76.8. The largest absolute Gasteiger partial charge is 0.478 e. The smallest absolute Gasteiger partial charge is 0.338 e. The summed E-state index contributed by atoms with van der Waals surface area (Å²) in [5.41, 5.74) is 43.8. The highest BCUT2D eigenvalue weighted by Crippen LogP contribution is 2.39. The maximum Gasteiger partial charge on any atom is 0.338 e. The van der Waals surface area contributed by atoms with Gasteiger partial charge in [-0.1, -0.05) is 30.3 Å². The molecule has 0 aromatic heterocycles. The van der Waals surface area contributed by atoms with Gasteiger partial charge in [-0.15, -0.1) is 4.99 Å². The van der Waals surface area contributed by atoms with Crippen molar-refractivity contribution in [3.8, 4) is 0 Å². The number of hydrogen-bond acceptors (Lipinski definition) is 22. The van der Waals surface area contributed by atoms with Gasteiger partial charge in [-0.3, -0.25) is 59.1 Å². The van der Waals surface area contributed by atoms with Crippen molar-refractivity contribution in [2.75, 3.05) is 17.0 Å². The number of amides is 6. The zero-order chi connectivity index (χ0) is 58.0. The number of aromatic carboxylic acids is 1. The molecule has 3 rings (SSSR count). The Kier molecular flexibility index (Phi) is 21.0. The molecule has 0 saturated carbocycles. The number of nitrogens with two attached hydrogens (primary N) is 9. The predicted octanol–water partition coefficient (Wildman–Crippen LogP) is -7.50. The number of guanidine groups is 4. The van der Waals surface area contributed by atoms with Gasteiger partial charge in [-0.05, 0) is 17.7 Å². The lowest BCUT2D eigenvalue weighted by Gasteiger charge is -2.33. The summed E-state index contributed by atoms with van der Waals surface area (Å²) in [5.74, 6) is -14.3. The molecule has 40 nitrogen and oxygen atoms in total. The molecular formula is C37H47N23O17. The lowest BCUT2D eigenvalue weighted by molar-refractivity contribution is -0.393. The predicted molar refractivity (Wildman–Crippen MR) is 262 cm³/mol. The fraction of sp³-hybridized carbons (Fsp3) is 0.216. The zero-order valence-corrected chi connectivity index (χ0v) is 39.0. The summed E-state index contributed by atoms with van der Waals surface area (Å²) >= 11 is 0. The van der Waals surface area contributed by atoms with Gasteiger partial charge in [0.2, 0.25) is 36.5 Å². The topological polar surface area (TPSA) is 678 Å². The number of aliphatic hydroxyl groups is 1. The number of rotatable bonds is 27. The molecule has 6 atom stereocenters. The average Bonchev–Trinajstić information content (AvgIpc) is 3.34. The lowest BCUT2D eigenvalue weighted by Crippen LogP contribution is -2.58. The zero-order valence-electron chi connectivity index (χ0n) is 39.0. The Morgan fingerprint density at radius 2 is 1.06 bits per heavy atom. The van der Waals surface area contributed by atoms with Crippen LogP contribution in [0.5, 0.6) is 0 Å². The van der Waals surface area contributed by atoms with E-state index in [1.807, 2.05) is 21.4 Å². The number of benzene rings is 3. The van der Waals surface area contributed by atoms with Crippen molar-refractivity contribution in [2.24, 2.45) is 71.6 Å². The standard InChI is InChI=1S/C37H47N23O17/c38-23(62)24(52-34(39)40)48-30(65)26(54-36(43)44)50-32(67)27(55-37(45)46)51-31(66)25(53-35(41)42)49-29(64)21(13-4-2-1-3-5-13)47-28(63)20(12-61)57(11-14-6-7-15(56-77-76)8-18(14)59(72)73)22-17(33(68)69)9-16(58(70)71)10-19(22)60(74)75/h1-10,20-21,24-27,56,61,76H,11-12H2,(H2,38,62)(H,47,63)(H,48,65)(H,49,64)(H,50,67)(H,51,66)(H,68,69)(H4,39,40,52)(H4,41,42,53)(H4,43,44,54)(H4,45,46,55). The maximum absolute atomic E-state index is 14.6. The molecule has 0 saturated heterocycles. The summed E-state index contributed by atoms with van der Waals surface area (Å²) < 4.78 is 0. The Balaban J connectivity index is 2.18. The van der Waals surface area contributed by atoms with Crippen LogP contribution in [0, 0.1) is 30.3 Å². The van der Waals surface area contributed by atoms with Gasteiger partial charge in [0, 0.05) is 17.7 Å². The summed E-state index contributed by atoms with van der Waals surface area (Å²) in [6, 6.07) is 5.52. The number of aliphatic imine (C=N–C) groups is 4. The average molecular weight is 1090 g/mol.